The fraction of sp³-hybridized carbons (Fsp3) is 0.600. The predicted molar refractivity (Wildman–Crippen MR) is 84.0 cm³/mol. The van der Waals surface area contributed by atoms with Crippen LogP contribution in [0, 0.1) is 6.92 Å². The lowest BCUT2D eigenvalue weighted by molar-refractivity contribution is 0.0240. The molecule has 0 spiro atoms. The average Bonchev–Trinajstić information content (AvgIpc) is 2.37. The van der Waals surface area contributed by atoms with E-state index in [9.17, 15) is 4.79 Å². The zero-order valence-corrected chi connectivity index (χ0v) is 13.8. The minimum atomic E-state index is -0.453. The Morgan fingerprint density at radius 3 is 2.38 bits per heavy atom. The molecule has 0 unspecified atom stereocenters. The molecule has 6 heteroatoms. The largest absolute Gasteiger partial charge is 0.444 e. The van der Waals surface area contributed by atoms with Crippen LogP contribution in [0.25, 0.3) is 0 Å². The summed E-state index contributed by atoms with van der Waals surface area (Å²) in [5.41, 5.74) is 1.53. The number of amides is 1. The van der Waals surface area contributed by atoms with Crippen molar-refractivity contribution in [3.63, 3.8) is 0 Å². The minimum Gasteiger partial charge on any atom is -0.444 e. The van der Waals surface area contributed by atoms with Gasteiger partial charge in [0.25, 0.3) is 0 Å². The molecule has 5 nitrogen and oxygen atoms in total. The summed E-state index contributed by atoms with van der Waals surface area (Å²) in [6, 6.07) is 3.78. The van der Waals surface area contributed by atoms with Gasteiger partial charge in [-0.15, -0.1) is 0 Å². The Hall–Kier alpha value is -1.49. The first kappa shape index (κ1) is 15.9. The highest BCUT2D eigenvalue weighted by Gasteiger charge is 2.26. The summed E-state index contributed by atoms with van der Waals surface area (Å²) < 4.78 is 5.40. The maximum Gasteiger partial charge on any atom is 0.410 e. The molecule has 0 aliphatic carbocycles. The van der Waals surface area contributed by atoms with Gasteiger partial charge >= 0.3 is 6.09 Å². The van der Waals surface area contributed by atoms with E-state index in [4.69, 9.17) is 16.3 Å². The molecule has 1 amide bonds. The average molecular weight is 312 g/mol. The van der Waals surface area contributed by atoms with Crippen molar-refractivity contribution in [2.45, 2.75) is 33.3 Å². The van der Waals surface area contributed by atoms with E-state index < -0.39 is 5.60 Å². The standard InChI is InChI=1S/C15H22ClN3O2/c1-11-12(5-6-13(16)17-11)18-7-9-19(10-8-18)14(20)21-15(2,3)4/h5-6H,7-10H2,1-4H3. The predicted octanol–water partition coefficient (Wildman–Crippen LogP) is 3.10. The van der Waals surface area contributed by atoms with Crippen LogP contribution in [0.15, 0.2) is 12.1 Å². The first-order valence-corrected chi connectivity index (χ1v) is 7.50. The second kappa shape index (κ2) is 6.10. The lowest BCUT2D eigenvalue weighted by atomic mass is 10.2. The van der Waals surface area contributed by atoms with Crippen molar-refractivity contribution in [1.29, 1.82) is 0 Å². The number of aromatic nitrogens is 1. The fourth-order valence-corrected chi connectivity index (χ4v) is 2.50. The molecule has 0 radical (unpaired) electrons. The maximum atomic E-state index is 12.0. The summed E-state index contributed by atoms with van der Waals surface area (Å²) in [5.74, 6) is 0. The molecule has 1 aliphatic rings. The van der Waals surface area contributed by atoms with Crippen LogP contribution in [0.3, 0.4) is 0 Å². The molecular weight excluding hydrogens is 290 g/mol. The van der Waals surface area contributed by atoms with Crippen molar-refractivity contribution >= 4 is 23.4 Å². The van der Waals surface area contributed by atoms with Gasteiger partial charge in [-0.05, 0) is 39.8 Å². The second-order valence-electron chi connectivity index (χ2n) is 6.19. The van der Waals surface area contributed by atoms with Gasteiger partial charge in [0.15, 0.2) is 0 Å². The number of piperazine rings is 1. The van der Waals surface area contributed by atoms with E-state index in [1.165, 1.54) is 0 Å². The van der Waals surface area contributed by atoms with Gasteiger partial charge in [0.2, 0.25) is 0 Å². The van der Waals surface area contributed by atoms with Gasteiger partial charge in [-0.1, -0.05) is 11.6 Å². The number of ether oxygens (including phenoxy) is 1. The summed E-state index contributed by atoms with van der Waals surface area (Å²) in [6.07, 6.45) is -0.242. The van der Waals surface area contributed by atoms with Gasteiger partial charge in [0.1, 0.15) is 10.8 Å². The molecule has 1 saturated heterocycles. The number of pyridine rings is 1. The highest BCUT2D eigenvalue weighted by atomic mass is 35.5. The molecule has 1 aromatic rings. The molecule has 0 aromatic carbocycles. The molecule has 0 N–H and O–H groups in total. The SMILES string of the molecule is Cc1nc(Cl)ccc1N1CCN(C(=O)OC(C)(C)C)CC1. The van der Waals surface area contributed by atoms with E-state index in [-0.39, 0.29) is 6.09 Å². The number of aryl methyl sites for hydroxylation is 1. The van der Waals surface area contributed by atoms with Crippen LogP contribution in [0.2, 0.25) is 5.15 Å². The quantitative estimate of drug-likeness (QED) is 0.748. The third-order valence-electron chi connectivity index (χ3n) is 3.30. The smallest absolute Gasteiger partial charge is 0.410 e. The number of anilines is 1. The highest BCUT2D eigenvalue weighted by Crippen LogP contribution is 2.22. The number of nitrogens with zero attached hydrogens (tertiary/aromatic N) is 3. The van der Waals surface area contributed by atoms with Crippen molar-refractivity contribution < 1.29 is 9.53 Å². The van der Waals surface area contributed by atoms with Crippen molar-refractivity contribution in [3.8, 4) is 0 Å². The van der Waals surface area contributed by atoms with Crippen molar-refractivity contribution in [2.24, 2.45) is 0 Å². The van der Waals surface area contributed by atoms with E-state index in [0.29, 0.717) is 18.2 Å². The lowest BCUT2D eigenvalue weighted by Gasteiger charge is -2.37. The summed E-state index contributed by atoms with van der Waals surface area (Å²) in [5, 5.41) is 0.503. The van der Waals surface area contributed by atoms with Gasteiger partial charge < -0.3 is 14.5 Å². The fourth-order valence-electron chi connectivity index (χ4n) is 2.31. The van der Waals surface area contributed by atoms with Gasteiger partial charge in [0.05, 0.1) is 11.4 Å². The summed E-state index contributed by atoms with van der Waals surface area (Å²) >= 11 is 5.88. The molecule has 0 atom stereocenters. The van der Waals surface area contributed by atoms with E-state index in [1.54, 1.807) is 11.0 Å². The van der Waals surface area contributed by atoms with Crippen LogP contribution in [0.4, 0.5) is 10.5 Å². The van der Waals surface area contributed by atoms with Crippen LogP contribution in [-0.4, -0.2) is 47.8 Å². The van der Waals surface area contributed by atoms with Crippen molar-refractivity contribution in [3.05, 3.63) is 23.0 Å². The van der Waals surface area contributed by atoms with Gasteiger partial charge in [0, 0.05) is 26.2 Å². The Bertz CT molecular complexity index is 520. The van der Waals surface area contributed by atoms with E-state index >= 15 is 0 Å². The molecule has 1 fully saturated rings. The van der Waals surface area contributed by atoms with Gasteiger partial charge in [-0.3, -0.25) is 0 Å². The maximum absolute atomic E-state index is 12.0. The molecule has 1 aromatic heterocycles. The van der Waals surface area contributed by atoms with Crippen molar-refractivity contribution in [2.75, 3.05) is 31.1 Å². The molecule has 1 aliphatic heterocycles. The number of hydrogen-bond acceptors (Lipinski definition) is 4. The summed E-state index contributed by atoms with van der Waals surface area (Å²) in [4.78, 5) is 20.3. The van der Waals surface area contributed by atoms with Crippen LogP contribution in [-0.2, 0) is 4.74 Å². The van der Waals surface area contributed by atoms with E-state index in [1.807, 2.05) is 33.8 Å². The molecule has 21 heavy (non-hydrogen) atoms. The minimum absolute atomic E-state index is 0.242. The second-order valence-corrected chi connectivity index (χ2v) is 6.58. The molecule has 2 heterocycles. The Morgan fingerprint density at radius 1 is 1.24 bits per heavy atom. The first-order chi connectivity index (χ1) is 9.76. The van der Waals surface area contributed by atoms with Crippen LogP contribution >= 0.6 is 11.6 Å². The van der Waals surface area contributed by atoms with Gasteiger partial charge in [-0.25, -0.2) is 9.78 Å². The van der Waals surface area contributed by atoms with E-state index in [0.717, 1.165) is 24.5 Å². The lowest BCUT2D eigenvalue weighted by Crippen LogP contribution is -2.50. The number of hydrogen-bond donors (Lipinski definition) is 0. The first-order valence-electron chi connectivity index (χ1n) is 7.12. The summed E-state index contributed by atoms with van der Waals surface area (Å²) in [7, 11) is 0. The number of carbonyl (C=O) groups is 1. The number of rotatable bonds is 1. The highest BCUT2D eigenvalue weighted by molar-refractivity contribution is 6.29. The molecular formula is C15H22ClN3O2. The topological polar surface area (TPSA) is 45.7 Å². The summed E-state index contributed by atoms with van der Waals surface area (Å²) in [6.45, 7) is 10.4. The number of halogens is 1. The molecule has 0 bridgehead atoms. The van der Waals surface area contributed by atoms with Crippen molar-refractivity contribution in [1.82, 2.24) is 9.88 Å². The Balaban J connectivity index is 1.95. The molecule has 0 saturated carbocycles. The monoisotopic (exact) mass is 311 g/mol. The van der Waals surface area contributed by atoms with Crippen LogP contribution in [0.1, 0.15) is 26.5 Å². The number of carbonyl (C=O) groups excluding carboxylic acids is 1. The zero-order chi connectivity index (χ0) is 15.6. The van der Waals surface area contributed by atoms with E-state index in [2.05, 4.69) is 9.88 Å². The molecule has 116 valence electrons. The third kappa shape index (κ3) is 4.24. The zero-order valence-electron chi connectivity index (χ0n) is 13.0. The Kier molecular flexibility index (Phi) is 4.61. The van der Waals surface area contributed by atoms with Gasteiger partial charge in [-0.2, -0.15) is 0 Å². The Labute approximate surface area is 130 Å². The van der Waals surface area contributed by atoms with Crippen LogP contribution < -0.4 is 4.90 Å². The molecule has 2 rings (SSSR count). The Morgan fingerprint density at radius 2 is 1.86 bits per heavy atom. The van der Waals surface area contributed by atoms with Crippen LogP contribution in [0.5, 0.6) is 0 Å². The third-order valence-corrected chi connectivity index (χ3v) is 3.51. The normalized spacial score (nSPS) is 16.0.